The second-order valence-corrected chi connectivity index (χ2v) is 4.85. The summed E-state index contributed by atoms with van der Waals surface area (Å²) in [5, 5.41) is 13.6. The molecule has 0 radical (unpaired) electrons. The van der Waals surface area contributed by atoms with Crippen LogP contribution in [0.2, 0.25) is 0 Å². The summed E-state index contributed by atoms with van der Waals surface area (Å²) in [5.74, 6) is -0.629. The minimum Gasteiger partial charge on any atom is -0.486 e. The Balaban J connectivity index is 2.05. The van der Waals surface area contributed by atoms with Crippen molar-refractivity contribution in [3.05, 3.63) is 47.8 Å². The number of carboxylic acid groups (broad SMARTS) is 1. The summed E-state index contributed by atoms with van der Waals surface area (Å²) in [6, 6.07) is 8.91. The summed E-state index contributed by atoms with van der Waals surface area (Å²) in [4.78, 5) is 11.1. The molecular weight excluding hydrogens is 268 g/mol. The van der Waals surface area contributed by atoms with E-state index in [1.807, 2.05) is 16.9 Å². The quantitative estimate of drug-likeness (QED) is 0.846. The molecule has 0 aliphatic heterocycles. The van der Waals surface area contributed by atoms with Gasteiger partial charge in [0, 0.05) is 6.20 Å². The molecule has 0 aliphatic carbocycles. The predicted octanol–water partition coefficient (Wildman–Crippen LogP) is 3.52. The minimum absolute atomic E-state index is 0.164. The second-order valence-electron chi connectivity index (χ2n) is 4.85. The van der Waals surface area contributed by atoms with E-state index in [1.165, 1.54) is 6.07 Å². The molecule has 21 heavy (non-hydrogen) atoms. The Kier molecular flexibility index (Phi) is 4.98. The van der Waals surface area contributed by atoms with E-state index in [-0.39, 0.29) is 12.2 Å². The van der Waals surface area contributed by atoms with Crippen LogP contribution >= 0.6 is 0 Å². The number of nitrogens with zero attached hydrogens (tertiary/aromatic N) is 2. The molecule has 0 saturated carbocycles. The summed E-state index contributed by atoms with van der Waals surface area (Å²) >= 11 is 0. The predicted molar refractivity (Wildman–Crippen MR) is 79.6 cm³/mol. The Morgan fingerprint density at radius 2 is 2.00 bits per heavy atom. The molecule has 112 valence electrons. The van der Waals surface area contributed by atoms with Crippen LogP contribution in [0.4, 0.5) is 0 Å². The summed E-state index contributed by atoms with van der Waals surface area (Å²) in [6.45, 7) is 4.53. The van der Waals surface area contributed by atoms with Gasteiger partial charge in [-0.3, -0.25) is 4.68 Å². The Morgan fingerprint density at radius 1 is 1.29 bits per heavy atom. The zero-order valence-corrected chi connectivity index (χ0v) is 12.3. The molecule has 1 N–H and O–H groups in total. The Hall–Kier alpha value is -2.30. The Morgan fingerprint density at radius 3 is 2.67 bits per heavy atom. The highest BCUT2D eigenvalue weighted by molar-refractivity contribution is 5.90. The zero-order valence-electron chi connectivity index (χ0n) is 12.3. The maximum atomic E-state index is 11.1. The van der Waals surface area contributed by atoms with E-state index in [1.54, 1.807) is 18.2 Å². The Bertz CT molecular complexity index is 603. The standard InChI is InChI=1S/C16H20N2O3/c1-3-13(4-2)18-10-9-12(17-18)11-21-15-8-6-5-7-14(15)16(19)20/h5-10,13H,3-4,11H2,1-2H3,(H,19,20). The molecule has 1 aromatic heterocycles. The smallest absolute Gasteiger partial charge is 0.339 e. The SMILES string of the molecule is CCC(CC)n1ccc(COc2ccccc2C(=O)O)n1. The first-order valence-corrected chi connectivity index (χ1v) is 7.14. The summed E-state index contributed by atoms with van der Waals surface area (Å²) in [6.07, 6.45) is 4.00. The van der Waals surface area contributed by atoms with Gasteiger partial charge in [0.25, 0.3) is 0 Å². The number of aromatic nitrogens is 2. The van der Waals surface area contributed by atoms with Gasteiger partial charge in [-0.1, -0.05) is 26.0 Å². The summed E-state index contributed by atoms with van der Waals surface area (Å²) < 4.78 is 7.53. The molecule has 2 rings (SSSR count). The molecule has 0 spiro atoms. The minimum atomic E-state index is -0.992. The molecule has 0 unspecified atom stereocenters. The Labute approximate surface area is 124 Å². The number of rotatable bonds is 7. The van der Waals surface area contributed by atoms with Crippen molar-refractivity contribution in [3.63, 3.8) is 0 Å². The van der Waals surface area contributed by atoms with Crippen LogP contribution in [-0.4, -0.2) is 20.9 Å². The van der Waals surface area contributed by atoms with Gasteiger partial charge in [-0.2, -0.15) is 5.10 Å². The largest absolute Gasteiger partial charge is 0.486 e. The fraction of sp³-hybridized carbons (Fsp3) is 0.375. The maximum Gasteiger partial charge on any atom is 0.339 e. The maximum absolute atomic E-state index is 11.1. The first-order valence-electron chi connectivity index (χ1n) is 7.14. The van der Waals surface area contributed by atoms with Gasteiger partial charge >= 0.3 is 5.97 Å². The molecule has 0 aliphatic rings. The van der Waals surface area contributed by atoms with E-state index >= 15 is 0 Å². The van der Waals surface area contributed by atoms with Crippen molar-refractivity contribution in [2.45, 2.75) is 39.3 Å². The van der Waals surface area contributed by atoms with Gasteiger partial charge in [0.2, 0.25) is 0 Å². The van der Waals surface area contributed by atoms with Gasteiger partial charge in [0.1, 0.15) is 17.9 Å². The molecule has 0 atom stereocenters. The van der Waals surface area contributed by atoms with Crippen molar-refractivity contribution >= 4 is 5.97 Å². The van der Waals surface area contributed by atoms with Crippen LogP contribution in [0, 0.1) is 0 Å². The second kappa shape index (κ2) is 6.92. The average molecular weight is 288 g/mol. The molecule has 2 aromatic rings. The lowest BCUT2D eigenvalue weighted by molar-refractivity contribution is 0.0691. The van der Waals surface area contributed by atoms with Gasteiger partial charge in [0.05, 0.1) is 11.7 Å². The molecule has 5 heteroatoms. The van der Waals surface area contributed by atoms with Crippen LogP contribution in [0.15, 0.2) is 36.5 Å². The van der Waals surface area contributed by atoms with Crippen molar-refractivity contribution in [1.29, 1.82) is 0 Å². The summed E-state index contributed by atoms with van der Waals surface area (Å²) in [5.41, 5.74) is 0.957. The molecule has 0 amide bonds. The number of carbonyl (C=O) groups is 1. The van der Waals surface area contributed by atoms with Crippen LogP contribution in [0.5, 0.6) is 5.75 Å². The molecule has 5 nitrogen and oxygen atoms in total. The van der Waals surface area contributed by atoms with Gasteiger partial charge in [-0.15, -0.1) is 0 Å². The zero-order chi connectivity index (χ0) is 15.2. The van der Waals surface area contributed by atoms with Crippen LogP contribution in [0.3, 0.4) is 0 Å². The molecule has 1 aromatic carbocycles. The molecule has 1 heterocycles. The highest BCUT2D eigenvalue weighted by atomic mass is 16.5. The number of hydrogen-bond donors (Lipinski definition) is 1. The van der Waals surface area contributed by atoms with Gasteiger partial charge in [0.15, 0.2) is 0 Å². The van der Waals surface area contributed by atoms with E-state index in [0.717, 1.165) is 18.5 Å². The number of aromatic carboxylic acids is 1. The number of carboxylic acids is 1. The molecular formula is C16H20N2O3. The normalized spacial score (nSPS) is 10.8. The van der Waals surface area contributed by atoms with Crippen molar-refractivity contribution in [3.8, 4) is 5.75 Å². The number of ether oxygens (including phenoxy) is 1. The van der Waals surface area contributed by atoms with Crippen molar-refractivity contribution in [1.82, 2.24) is 9.78 Å². The highest BCUT2D eigenvalue weighted by Gasteiger charge is 2.12. The average Bonchev–Trinajstić information content (AvgIpc) is 2.95. The first kappa shape index (κ1) is 15.1. The van der Waals surface area contributed by atoms with Crippen molar-refractivity contribution < 1.29 is 14.6 Å². The summed E-state index contributed by atoms with van der Waals surface area (Å²) in [7, 11) is 0. The van der Waals surface area contributed by atoms with E-state index in [2.05, 4.69) is 18.9 Å². The third-order valence-corrected chi connectivity index (χ3v) is 3.47. The van der Waals surface area contributed by atoms with E-state index in [9.17, 15) is 4.79 Å². The topological polar surface area (TPSA) is 64.3 Å². The van der Waals surface area contributed by atoms with Crippen LogP contribution in [0.25, 0.3) is 0 Å². The third-order valence-electron chi connectivity index (χ3n) is 3.47. The van der Waals surface area contributed by atoms with Crippen LogP contribution < -0.4 is 4.74 Å². The highest BCUT2D eigenvalue weighted by Crippen LogP contribution is 2.20. The molecule has 0 saturated heterocycles. The van der Waals surface area contributed by atoms with Crippen LogP contribution in [0.1, 0.15) is 48.8 Å². The lowest BCUT2D eigenvalue weighted by Gasteiger charge is -2.12. The van der Waals surface area contributed by atoms with Crippen molar-refractivity contribution in [2.24, 2.45) is 0 Å². The van der Waals surface area contributed by atoms with Crippen LogP contribution in [-0.2, 0) is 6.61 Å². The number of hydrogen-bond acceptors (Lipinski definition) is 3. The van der Waals surface area contributed by atoms with Crippen molar-refractivity contribution in [2.75, 3.05) is 0 Å². The third kappa shape index (κ3) is 3.62. The van der Waals surface area contributed by atoms with Gasteiger partial charge in [-0.05, 0) is 31.0 Å². The van der Waals surface area contributed by atoms with E-state index in [0.29, 0.717) is 11.8 Å². The lowest BCUT2D eigenvalue weighted by Crippen LogP contribution is -2.09. The monoisotopic (exact) mass is 288 g/mol. The van der Waals surface area contributed by atoms with E-state index < -0.39 is 5.97 Å². The fourth-order valence-corrected chi connectivity index (χ4v) is 2.24. The van der Waals surface area contributed by atoms with Gasteiger partial charge < -0.3 is 9.84 Å². The van der Waals surface area contributed by atoms with Gasteiger partial charge in [-0.25, -0.2) is 4.79 Å². The number of benzene rings is 1. The fourth-order valence-electron chi connectivity index (χ4n) is 2.24. The lowest BCUT2D eigenvalue weighted by atomic mass is 10.2. The first-order chi connectivity index (χ1) is 10.2. The molecule has 0 fully saturated rings. The van der Waals surface area contributed by atoms with E-state index in [4.69, 9.17) is 9.84 Å². The molecule has 0 bridgehead atoms. The number of para-hydroxylation sites is 1.